The highest BCUT2D eigenvalue weighted by Crippen LogP contribution is 2.03. The maximum atomic E-state index is 12.2. The van der Waals surface area contributed by atoms with Gasteiger partial charge in [-0.05, 0) is 12.8 Å². The third-order valence-corrected chi connectivity index (χ3v) is 3.89. The molecule has 0 aliphatic rings. The Morgan fingerprint density at radius 1 is 0.926 bits per heavy atom. The summed E-state index contributed by atoms with van der Waals surface area (Å²) in [5.74, 6) is -5.27. The van der Waals surface area contributed by atoms with Crippen LogP contribution in [0.25, 0.3) is 0 Å². The summed E-state index contributed by atoms with van der Waals surface area (Å²) in [6.07, 6.45) is -0.604. The van der Waals surface area contributed by atoms with Gasteiger partial charge in [0.2, 0.25) is 17.7 Å². The molecule has 0 aliphatic heterocycles. The highest BCUT2D eigenvalue weighted by atomic mass is 32.1. The van der Waals surface area contributed by atoms with Gasteiger partial charge in [-0.25, -0.2) is 4.79 Å². The van der Waals surface area contributed by atoms with Crippen LogP contribution in [0.4, 0.5) is 0 Å². The summed E-state index contributed by atoms with van der Waals surface area (Å²) < 4.78 is 0. The van der Waals surface area contributed by atoms with Crippen molar-refractivity contribution in [3.8, 4) is 0 Å². The summed E-state index contributed by atoms with van der Waals surface area (Å²) in [5.41, 5.74) is 5.40. The van der Waals surface area contributed by atoms with E-state index in [0.717, 1.165) is 0 Å². The van der Waals surface area contributed by atoms with E-state index in [1.54, 1.807) is 13.8 Å². The maximum absolute atomic E-state index is 12.2. The number of carbonyl (C=O) groups is 5. The predicted molar refractivity (Wildman–Crippen MR) is 98.0 cm³/mol. The second-order valence-electron chi connectivity index (χ2n) is 6.25. The number of thiol groups is 1. The molecule has 0 aliphatic carbocycles. The third kappa shape index (κ3) is 8.73. The minimum absolute atomic E-state index is 0.110. The van der Waals surface area contributed by atoms with Gasteiger partial charge in [0.1, 0.15) is 18.1 Å². The molecule has 0 aromatic rings. The summed E-state index contributed by atoms with van der Waals surface area (Å²) in [7, 11) is 0. The fourth-order valence-corrected chi connectivity index (χ4v) is 2.18. The Hall–Kier alpha value is -2.34. The van der Waals surface area contributed by atoms with Crippen LogP contribution in [0.1, 0.15) is 27.2 Å². The lowest BCUT2D eigenvalue weighted by atomic mass is 10.0. The van der Waals surface area contributed by atoms with E-state index in [0.29, 0.717) is 0 Å². The molecule has 0 fully saturated rings. The first kappa shape index (κ1) is 24.7. The Morgan fingerprint density at radius 2 is 1.48 bits per heavy atom. The van der Waals surface area contributed by atoms with Crippen molar-refractivity contribution in [3.05, 3.63) is 0 Å². The smallest absolute Gasteiger partial charge is 0.326 e. The van der Waals surface area contributed by atoms with Crippen LogP contribution in [0.2, 0.25) is 0 Å². The predicted octanol–water partition coefficient (Wildman–Crippen LogP) is -2.07. The number of hydrogen-bond acceptors (Lipinski definition) is 7. The van der Waals surface area contributed by atoms with Crippen molar-refractivity contribution in [2.75, 3.05) is 5.75 Å². The quantitative estimate of drug-likeness (QED) is 0.191. The fourth-order valence-electron chi connectivity index (χ4n) is 1.93. The molecule has 0 radical (unpaired) electrons. The van der Waals surface area contributed by atoms with E-state index in [2.05, 4.69) is 28.6 Å². The normalized spacial score (nSPS) is 15.2. The zero-order valence-corrected chi connectivity index (χ0v) is 16.2. The zero-order valence-electron chi connectivity index (χ0n) is 15.3. The molecule has 4 unspecified atom stereocenters. The number of rotatable bonds is 11. The first-order chi connectivity index (χ1) is 12.4. The molecule has 3 amide bonds. The summed E-state index contributed by atoms with van der Waals surface area (Å²) in [6, 6.07) is -4.70. The van der Waals surface area contributed by atoms with Gasteiger partial charge >= 0.3 is 11.9 Å². The average Bonchev–Trinajstić information content (AvgIpc) is 2.55. The number of carboxylic acid groups (broad SMARTS) is 2. The summed E-state index contributed by atoms with van der Waals surface area (Å²) >= 11 is 3.97. The molecule has 0 aromatic carbocycles. The minimum Gasteiger partial charge on any atom is -0.481 e. The van der Waals surface area contributed by atoms with Gasteiger partial charge < -0.3 is 31.9 Å². The van der Waals surface area contributed by atoms with Crippen molar-refractivity contribution < 1.29 is 34.2 Å². The van der Waals surface area contributed by atoms with Crippen LogP contribution in [0, 0.1) is 5.92 Å². The van der Waals surface area contributed by atoms with E-state index < -0.39 is 60.2 Å². The lowest BCUT2D eigenvalue weighted by molar-refractivity contribution is -0.143. The van der Waals surface area contributed by atoms with Crippen molar-refractivity contribution in [2.45, 2.75) is 51.4 Å². The molecule has 0 spiro atoms. The van der Waals surface area contributed by atoms with Gasteiger partial charge in [-0.3, -0.25) is 19.2 Å². The summed E-state index contributed by atoms with van der Waals surface area (Å²) in [6.45, 7) is 4.55. The van der Waals surface area contributed by atoms with Gasteiger partial charge in [0, 0.05) is 5.75 Å². The van der Waals surface area contributed by atoms with E-state index in [9.17, 15) is 24.0 Å². The van der Waals surface area contributed by atoms with Crippen molar-refractivity contribution in [1.29, 1.82) is 0 Å². The topological polar surface area (TPSA) is 188 Å². The molecule has 0 saturated heterocycles. The molecule has 0 saturated carbocycles. The Balaban J connectivity index is 4.82. The molecule has 4 atom stereocenters. The Labute approximate surface area is 161 Å². The SMILES string of the molecule is CC(NC(=O)C(N)CC(=O)O)C(=O)NC(CS)C(=O)NC(C(=O)O)C(C)C. The van der Waals surface area contributed by atoms with Crippen molar-refractivity contribution in [2.24, 2.45) is 11.7 Å². The second kappa shape index (κ2) is 11.4. The molecule has 154 valence electrons. The molecule has 0 bridgehead atoms. The molecular formula is C15H26N4O7S. The second-order valence-corrected chi connectivity index (χ2v) is 6.61. The summed E-state index contributed by atoms with van der Waals surface area (Å²) in [5, 5.41) is 24.6. The van der Waals surface area contributed by atoms with E-state index in [-0.39, 0.29) is 11.7 Å². The monoisotopic (exact) mass is 406 g/mol. The molecule has 0 rings (SSSR count). The van der Waals surface area contributed by atoms with Gasteiger partial charge in [0.25, 0.3) is 0 Å². The molecule has 12 heteroatoms. The molecule has 0 heterocycles. The maximum Gasteiger partial charge on any atom is 0.326 e. The number of aliphatic carboxylic acids is 2. The average molecular weight is 406 g/mol. The summed E-state index contributed by atoms with van der Waals surface area (Å²) in [4.78, 5) is 57.8. The number of hydrogen-bond donors (Lipinski definition) is 7. The van der Waals surface area contributed by atoms with Gasteiger partial charge in [0.15, 0.2) is 0 Å². The van der Waals surface area contributed by atoms with E-state index in [1.807, 2.05) is 0 Å². The number of amides is 3. The molecular weight excluding hydrogens is 380 g/mol. The van der Waals surface area contributed by atoms with E-state index >= 15 is 0 Å². The highest BCUT2D eigenvalue weighted by molar-refractivity contribution is 7.80. The van der Waals surface area contributed by atoms with Crippen LogP contribution >= 0.6 is 12.6 Å². The first-order valence-electron chi connectivity index (χ1n) is 8.12. The van der Waals surface area contributed by atoms with Gasteiger partial charge in [0.05, 0.1) is 12.5 Å². The standard InChI is InChI=1S/C15H26N4O7S/c1-6(2)11(15(25)26)19-14(24)9(5-27)18-12(22)7(3)17-13(23)8(16)4-10(20)21/h6-9,11,27H,4-5,16H2,1-3H3,(H,17,23)(H,18,22)(H,19,24)(H,20,21)(H,25,26). The molecule has 27 heavy (non-hydrogen) atoms. The molecule has 11 nitrogen and oxygen atoms in total. The van der Waals surface area contributed by atoms with E-state index in [4.69, 9.17) is 15.9 Å². The van der Waals surface area contributed by atoms with Crippen LogP contribution in [0.5, 0.6) is 0 Å². The largest absolute Gasteiger partial charge is 0.481 e. The Morgan fingerprint density at radius 3 is 1.89 bits per heavy atom. The Kier molecular flexibility index (Phi) is 10.4. The number of carbonyl (C=O) groups excluding carboxylic acids is 3. The first-order valence-corrected chi connectivity index (χ1v) is 8.76. The zero-order chi connectivity index (χ0) is 21.3. The molecule has 0 aromatic heterocycles. The molecule has 7 N–H and O–H groups in total. The number of nitrogens with two attached hydrogens (primary N) is 1. The van der Waals surface area contributed by atoms with Crippen LogP contribution in [-0.2, 0) is 24.0 Å². The van der Waals surface area contributed by atoms with Crippen molar-refractivity contribution in [3.63, 3.8) is 0 Å². The van der Waals surface area contributed by atoms with Crippen LogP contribution in [0.3, 0.4) is 0 Å². The van der Waals surface area contributed by atoms with E-state index in [1.165, 1.54) is 6.92 Å². The van der Waals surface area contributed by atoms with Crippen LogP contribution in [-0.4, -0.2) is 69.8 Å². The van der Waals surface area contributed by atoms with Gasteiger partial charge in [-0.2, -0.15) is 12.6 Å². The van der Waals surface area contributed by atoms with Gasteiger partial charge in [-0.15, -0.1) is 0 Å². The lowest BCUT2D eigenvalue weighted by Crippen LogP contribution is -2.57. The highest BCUT2D eigenvalue weighted by Gasteiger charge is 2.29. The Bertz CT molecular complexity index is 585. The lowest BCUT2D eigenvalue weighted by Gasteiger charge is -2.23. The van der Waals surface area contributed by atoms with Crippen molar-refractivity contribution >= 4 is 42.3 Å². The number of nitrogens with one attached hydrogen (secondary N) is 3. The number of carboxylic acids is 2. The fraction of sp³-hybridized carbons (Fsp3) is 0.667. The third-order valence-electron chi connectivity index (χ3n) is 3.53. The minimum atomic E-state index is -1.33. The van der Waals surface area contributed by atoms with Gasteiger partial charge in [-0.1, -0.05) is 13.8 Å². The van der Waals surface area contributed by atoms with Crippen molar-refractivity contribution in [1.82, 2.24) is 16.0 Å². The van der Waals surface area contributed by atoms with Crippen LogP contribution < -0.4 is 21.7 Å². The van der Waals surface area contributed by atoms with Crippen LogP contribution in [0.15, 0.2) is 0 Å².